The van der Waals surface area contributed by atoms with Gasteiger partial charge in [0.15, 0.2) is 11.5 Å². The van der Waals surface area contributed by atoms with Crippen LogP contribution in [0.1, 0.15) is 29.8 Å². The summed E-state index contributed by atoms with van der Waals surface area (Å²) in [7, 11) is -1.17. The van der Waals surface area contributed by atoms with Crippen molar-refractivity contribution in [2.45, 2.75) is 59.2 Å². The lowest BCUT2D eigenvalue weighted by Crippen LogP contribution is -2.30. The Hall–Kier alpha value is -2.78. The fourth-order valence-corrected chi connectivity index (χ4v) is 3.69. The van der Waals surface area contributed by atoms with Crippen LogP contribution in [0.4, 0.5) is 11.6 Å². The normalized spacial score (nSPS) is 11.8. The highest BCUT2D eigenvalue weighted by molar-refractivity contribution is 6.76. The van der Waals surface area contributed by atoms with Crippen LogP contribution >= 0.6 is 0 Å². The number of pyridine rings is 1. The number of hydrogen-bond donors (Lipinski definition) is 2. The van der Waals surface area contributed by atoms with Gasteiger partial charge in [-0.2, -0.15) is 0 Å². The van der Waals surface area contributed by atoms with Gasteiger partial charge in [-0.15, -0.1) is 0 Å². The molecule has 0 atom stereocenters. The zero-order valence-electron chi connectivity index (χ0n) is 19.2. The van der Waals surface area contributed by atoms with Crippen LogP contribution in [0.15, 0.2) is 30.7 Å². The van der Waals surface area contributed by atoms with E-state index in [-0.39, 0.29) is 11.9 Å². The SMILES string of the molecule is Cc1ccc(Nc2cnc3c(n2)c(C(=O)NC(C)C)cn3COCC[Si](C)(C)C)nc1. The van der Waals surface area contributed by atoms with E-state index in [1.165, 1.54) is 0 Å². The van der Waals surface area contributed by atoms with E-state index in [0.29, 0.717) is 41.7 Å². The average Bonchev–Trinajstić information content (AvgIpc) is 3.04. The molecule has 0 saturated carbocycles. The number of aromatic nitrogens is 4. The molecule has 3 rings (SSSR count). The Bertz CT molecular complexity index is 1040. The standard InChI is InChI=1S/C22H32N6O2Si/c1-15(2)25-22(29)17-13-28(14-30-9-10-31(4,5)6)21-20(17)27-19(12-24-21)26-18-8-7-16(3)11-23-18/h7-8,11-13,15H,9-10,14H2,1-6H3,(H,25,29)(H,23,26,27). The van der Waals surface area contributed by atoms with Gasteiger partial charge in [0, 0.05) is 33.1 Å². The minimum absolute atomic E-state index is 0.0184. The molecule has 3 aromatic rings. The van der Waals surface area contributed by atoms with Crippen molar-refractivity contribution in [2.75, 3.05) is 11.9 Å². The summed E-state index contributed by atoms with van der Waals surface area (Å²) in [5, 5.41) is 6.10. The third-order valence-electron chi connectivity index (χ3n) is 4.62. The Morgan fingerprint density at radius 3 is 2.58 bits per heavy atom. The molecule has 166 valence electrons. The summed E-state index contributed by atoms with van der Waals surface area (Å²) in [4.78, 5) is 26.4. The number of nitrogens with zero attached hydrogens (tertiary/aromatic N) is 4. The fourth-order valence-electron chi connectivity index (χ4n) is 2.93. The highest BCUT2D eigenvalue weighted by Gasteiger charge is 2.19. The van der Waals surface area contributed by atoms with Crippen LogP contribution in [0.2, 0.25) is 25.7 Å². The zero-order chi connectivity index (χ0) is 22.6. The summed E-state index contributed by atoms with van der Waals surface area (Å²) in [6, 6.07) is 4.95. The predicted octanol–water partition coefficient (Wildman–Crippen LogP) is 4.33. The fraction of sp³-hybridized carbons (Fsp3) is 0.455. The lowest BCUT2D eigenvalue weighted by Gasteiger charge is -2.15. The molecule has 0 unspecified atom stereocenters. The van der Waals surface area contributed by atoms with Crippen LogP contribution < -0.4 is 10.6 Å². The highest BCUT2D eigenvalue weighted by Crippen LogP contribution is 2.22. The van der Waals surface area contributed by atoms with Gasteiger partial charge < -0.3 is 19.9 Å². The van der Waals surface area contributed by atoms with Crippen molar-refractivity contribution in [1.82, 2.24) is 24.8 Å². The maximum Gasteiger partial charge on any atom is 0.255 e. The van der Waals surface area contributed by atoms with E-state index in [1.807, 2.05) is 37.5 Å². The van der Waals surface area contributed by atoms with E-state index in [9.17, 15) is 4.79 Å². The van der Waals surface area contributed by atoms with E-state index in [1.54, 1.807) is 18.6 Å². The summed E-state index contributed by atoms with van der Waals surface area (Å²) in [5.41, 5.74) is 2.70. The van der Waals surface area contributed by atoms with E-state index in [0.717, 1.165) is 11.6 Å². The molecule has 0 aliphatic heterocycles. The quantitative estimate of drug-likeness (QED) is 0.380. The van der Waals surface area contributed by atoms with E-state index >= 15 is 0 Å². The summed E-state index contributed by atoms with van der Waals surface area (Å²) in [6.07, 6.45) is 5.20. The Balaban J connectivity index is 1.88. The number of aryl methyl sites for hydroxylation is 1. The summed E-state index contributed by atoms with van der Waals surface area (Å²) in [6.45, 7) is 13.8. The van der Waals surface area contributed by atoms with E-state index in [2.05, 4.69) is 45.2 Å². The molecular formula is C22H32N6O2Si. The lowest BCUT2D eigenvalue weighted by molar-refractivity contribution is 0.0890. The van der Waals surface area contributed by atoms with Crippen molar-refractivity contribution < 1.29 is 9.53 Å². The largest absolute Gasteiger partial charge is 0.361 e. The predicted molar refractivity (Wildman–Crippen MR) is 126 cm³/mol. The van der Waals surface area contributed by atoms with Crippen LogP contribution in [-0.2, 0) is 11.5 Å². The molecule has 3 heterocycles. The monoisotopic (exact) mass is 440 g/mol. The zero-order valence-corrected chi connectivity index (χ0v) is 20.2. The number of fused-ring (bicyclic) bond motifs is 1. The molecule has 2 N–H and O–H groups in total. The first kappa shape index (κ1) is 22.9. The van der Waals surface area contributed by atoms with E-state index < -0.39 is 8.07 Å². The molecular weight excluding hydrogens is 408 g/mol. The Labute approximate surface area is 184 Å². The number of nitrogens with one attached hydrogen (secondary N) is 2. The maximum atomic E-state index is 12.8. The second-order valence-corrected chi connectivity index (χ2v) is 14.9. The molecule has 0 spiro atoms. The average molecular weight is 441 g/mol. The number of rotatable bonds is 9. The van der Waals surface area contributed by atoms with Crippen molar-refractivity contribution in [2.24, 2.45) is 0 Å². The summed E-state index contributed by atoms with van der Waals surface area (Å²) >= 11 is 0. The lowest BCUT2D eigenvalue weighted by atomic mass is 10.2. The first-order valence-electron chi connectivity index (χ1n) is 10.6. The van der Waals surface area contributed by atoms with Crippen LogP contribution in [0, 0.1) is 6.92 Å². The molecule has 3 aromatic heterocycles. The van der Waals surface area contributed by atoms with Crippen molar-refractivity contribution >= 4 is 36.8 Å². The molecule has 0 aliphatic rings. The number of carbonyl (C=O) groups excluding carboxylic acids is 1. The smallest absolute Gasteiger partial charge is 0.255 e. The molecule has 0 fully saturated rings. The number of carbonyl (C=O) groups is 1. The molecule has 0 radical (unpaired) electrons. The van der Waals surface area contributed by atoms with Gasteiger partial charge in [0.05, 0.1) is 11.8 Å². The van der Waals surface area contributed by atoms with Crippen molar-refractivity contribution in [3.8, 4) is 0 Å². The molecule has 0 aromatic carbocycles. The van der Waals surface area contributed by atoms with Gasteiger partial charge in [0.2, 0.25) is 0 Å². The van der Waals surface area contributed by atoms with Crippen molar-refractivity contribution in [1.29, 1.82) is 0 Å². The number of anilines is 2. The molecule has 31 heavy (non-hydrogen) atoms. The Kier molecular flexibility index (Phi) is 7.07. The Morgan fingerprint density at radius 1 is 1.16 bits per heavy atom. The van der Waals surface area contributed by atoms with Crippen LogP contribution in [0.5, 0.6) is 0 Å². The third-order valence-corrected chi connectivity index (χ3v) is 6.33. The van der Waals surface area contributed by atoms with Gasteiger partial charge in [-0.05, 0) is 38.4 Å². The number of hydrogen-bond acceptors (Lipinski definition) is 6. The molecule has 1 amide bonds. The van der Waals surface area contributed by atoms with Crippen molar-refractivity contribution in [3.05, 3.63) is 41.9 Å². The third kappa shape index (κ3) is 6.35. The first-order chi connectivity index (χ1) is 14.6. The second kappa shape index (κ2) is 9.57. The Morgan fingerprint density at radius 2 is 1.94 bits per heavy atom. The van der Waals surface area contributed by atoms with Crippen LogP contribution in [0.3, 0.4) is 0 Å². The molecule has 8 nitrogen and oxygen atoms in total. The summed E-state index contributed by atoms with van der Waals surface area (Å²) < 4.78 is 7.73. The molecule has 0 bridgehead atoms. The van der Waals surface area contributed by atoms with Crippen LogP contribution in [-0.4, -0.2) is 46.1 Å². The molecule has 0 aliphatic carbocycles. The second-order valence-electron chi connectivity index (χ2n) is 9.26. The number of ether oxygens (including phenoxy) is 1. The number of amides is 1. The van der Waals surface area contributed by atoms with Gasteiger partial charge in [0.25, 0.3) is 5.91 Å². The highest BCUT2D eigenvalue weighted by atomic mass is 28.3. The topological polar surface area (TPSA) is 94.0 Å². The van der Waals surface area contributed by atoms with Gasteiger partial charge >= 0.3 is 0 Å². The van der Waals surface area contributed by atoms with Gasteiger partial charge in [0.1, 0.15) is 18.1 Å². The summed E-state index contributed by atoms with van der Waals surface area (Å²) in [5.74, 6) is 1.02. The minimum Gasteiger partial charge on any atom is -0.361 e. The molecule has 9 heteroatoms. The van der Waals surface area contributed by atoms with Crippen LogP contribution in [0.25, 0.3) is 11.2 Å². The minimum atomic E-state index is -1.17. The van der Waals surface area contributed by atoms with Crippen molar-refractivity contribution in [3.63, 3.8) is 0 Å². The van der Waals surface area contributed by atoms with Gasteiger partial charge in [-0.25, -0.2) is 15.0 Å². The first-order valence-corrected chi connectivity index (χ1v) is 14.3. The van der Waals surface area contributed by atoms with E-state index in [4.69, 9.17) is 4.74 Å². The maximum absolute atomic E-state index is 12.8. The van der Waals surface area contributed by atoms with Gasteiger partial charge in [-0.3, -0.25) is 4.79 Å². The van der Waals surface area contributed by atoms with Gasteiger partial charge in [-0.1, -0.05) is 25.7 Å². The molecule has 0 saturated heterocycles.